The van der Waals surface area contributed by atoms with Crippen LogP contribution >= 0.6 is 0 Å². The Hall–Kier alpha value is -0.120. The summed E-state index contributed by atoms with van der Waals surface area (Å²) in [7, 11) is 2.33. The first-order chi connectivity index (χ1) is 8.79. The van der Waals surface area contributed by atoms with Crippen molar-refractivity contribution < 1.29 is 0 Å². The lowest BCUT2D eigenvalue weighted by molar-refractivity contribution is 0.129. The van der Waals surface area contributed by atoms with Gasteiger partial charge in [0.15, 0.2) is 0 Å². The van der Waals surface area contributed by atoms with Crippen LogP contribution in [-0.4, -0.2) is 61.7 Å². The molecule has 2 saturated heterocycles. The Bertz CT molecular complexity index is 218. The van der Waals surface area contributed by atoms with Gasteiger partial charge in [0.25, 0.3) is 0 Å². The highest BCUT2D eigenvalue weighted by Crippen LogP contribution is 2.16. The minimum absolute atomic E-state index is 0.820. The summed E-state index contributed by atoms with van der Waals surface area (Å²) in [6.07, 6.45) is 8.26. The molecule has 0 aliphatic carbocycles. The van der Waals surface area contributed by atoms with E-state index >= 15 is 0 Å². The monoisotopic (exact) mass is 253 g/mol. The van der Waals surface area contributed by atoms with Gasteiger partial charge in [0, 0.05) is 12.1 Å². The molecule has 0 amide bonds. The Kier molecular flexibility index (Phi) is 5.93. The Morgan fingerprint density at radius 1 is 1.22 bits per heavy atom. The lowest BCUT2D eigenvalue weighted by Crippen LogP contribution is -2.43. The quantitative estimate of drug-likeness (QED) is 0.780. The highest BCUT2D eigenvalue weighted by atomic mass is 15.2. The molecular formula is C15H31N3. The summed E-state index contributed by atoms with van der Waals surface area (Å²) in [6, 6.07) is 1.66. The summed E-state index contributed by atoms with van der Waals surface area (Å²) < 4.78 is 0. The molecule has 3 nitrogen and oxygen atoms in total. The average Bonchev–Trinajstić information content (AvgIpc) is 2.92. The zero-order valence-corrected chi connectivity index (χ0v) is 12.3. The van der Waals surface area contributed by atoms with Crippen LogP contribution < -0.4 is 5.32 Å². The number of nitrogens with one attached hydrogen (secondary N) is 1. The van der Waals surface area contributed by atoms with Crippen LogP contribution in [0.25, 0.3) is 0 Å². The molecular weight excluding hydrogens is 222 g/mol. The average molecular weight is 253 g/mol. The first kappa shape index (κ1) is 14.3. The normalized spacial score (nSPS) is 27.2. The van der Waals surface area contributed by atoms with Crippen LogP contribution in [0.4, 0.5) is 0 Å². The van der Waals surface area contributed by atoms with E-state index in [-0.39, 0.29) is 0 Å². The van der Waals surface area contributed by atoms with E-state index in [9.17, 15) is 0 Å². The number of nitrogens with zero attached hydrogens (tertiary/aromatic N) is 2. The predicted octanol–water partition coefficient (Wildman–Crippen LogP) is 1.93. The van der Waals surface area contributed by atoms with Crippen molar-refractivity contribution in [3.05, 3.63) is 0 Å². The smallest absolute Gasteiger partial charge is 0.0117 e. The van der Waals surface area contributed by atoms with E-state index in [0.717, 1.165) is 12.1 Å². The second kappa shape index (κ2) is 7.46. The van der Waals surface area contributed by atoms with Gasteiger partial charge in [-0.2, -0.15) is 0 Å². The van der Waals surface area contributed by atoms with Crippen molar-refractivity contribution in [3.63, 3.8) is 0 Å². The molecule has 0 saturated carbocycles. The Morgan fingerprint density at radius 2 is 2.00 bits per heavy atom. The lowest BCUT2D eigenvalue weighted by atomic mass is 10.0. The molecule has 1 N–H and O–H groups in total. The van der Waals surface area contributed by atoms with Crippen molar-refractivity contribution in [1.29, 1.82) is 0 Å². The van der Waals surface area contributed by atoms with Crippen LogP contribution in [0, 0.1) is 0 Å². The van der Waals surface area contributed by atoms with Gasteiger partial charge in [0.05, 0.1) is 0 Å². The topological polar surface area (TPSA) is 18.5 Å². The van der Waals surface area contributed by atoms with E-state index in [0.29, 0.717) is 0 Å². The fourth-order valence-electron chi connectivity index (χ4n) is 3.45. The highest BCUT2D eigenvalue weighted by Gasteiger charge is 2.21. The van der Waals surface area contributed by atoms with Gasteiger partial charge in [-0.15, -0.1) is 0 Å². The number of rotatable bonds is 6. The summed E-state index contributed by atoms with van der Waals surface area (Å²) in [5.74, 6) is 0. The molecule has 3 heteroatoms. The van der Waals surface area contributed by atoms with Crippen molar-refractivity contribution in [3.8, 4) is 0 Å². The Labute approximate surface area is 113 Å². The van der Waals surface area contributed by atoms with Gasteiger partial charge in [-0.3, -0.25) is 0 Å². The Morgan fingerprint density at radius 3 is 2.61 bits per heavy atom. The van der Waals surface area contributed by atoms with Gasteiger partial charge in [-0.1, -0.05) is 6.92 Å². The standard InChI is InChI=1S/C15H31N3/c1-3-18-12-8-15(9-13-18)17(2)11-5-7-14-6-4-10-16-14/h14-16H,3-13H2,1-2H3. The van der Waals surface area contributed by atoms with Gasteiger partial charge in [-0.25, -0.2) is 0 Å². The second-order valence-electron chi connectivity index (χ2n) is 6.08. The van der Waals surface area contributed by atoms with Gasteiger partial charge in [0.2, 0.25) is 0 Å². The molecule has 2 rings (SSSR count). The maximum absolute atomic E-state index is 3.60. The van der Waals surface area contributed by atoms with Crippen LogP contribution in [0.3, 0.4) is 0 Å². The first-order valence-electron chi connectivity index (χ1n) is 7.95. The van der Waals surface area contributed by atoms with Crippen molar-refractivity contribution in [2.75, 3.05) is 39.8 Å². The zero-order chi connectivity index (χ0) is 12.8. The van der Waals surface area contributed by atoms with Gasteiger partial charge in [0.1, 0.15) is 0 Å². The van der Waals surface area contributed by atoms with E-state index in [1.54, 1.807) is 0 Å². The molecule has 2 fully saturated rings. The minimum Gasteiger partial charge on any atom is -0.314 e. The number of likely N-dealkylation sites (tertiary alicyclic amines) is 1. The van der Waals surface area contributed by atoms with E-state index < -0.39 is 0 Å². The molecule has 18 heavy (non-hydrogen) atoms. The minimum atomic E-state index is 0.820. The third-order valence-corrected chi connectivity index (χ3v) is 4.85. The van der Waals surface area contributed by atoms with E-state index in [2.05, 4.69) is 29.1 Å². The van der Waals surface area contributed by atoms with Gasteiger partial charge >= 0.3 is 0 Å². The van der Waals surface area contributed by atoms with Gasteiger partial charge < -0.3 is 15.1 Å². The van der Waals surface area contributed by atoms with Crippen LogP contribution in [0.2, 0.25) is 0 Å². The third kappa shape index (κ3) is 4.22. The van der Waals surface area contributed by atoms with Crippen molar-refractivity contribution in [2.24, 2.45) is 0 Å². The number of hydrogen-bond donors (Lipinski definition) is 1. The molecule has 0 radical (unpaired) electrons. The molecule has 0 spiro atoms. The molecule has 0 bridgehead atoms. The van der Waals surface area contributed by atoms with Crippen LogP contribution in [-0.2, 0) is 0 Å². The molecule has 2 heterocycles. The second-order valence-corrected chi connectivity index (χ2v) is 6.08. The van der Waals surface area contributed by atoms with E-state index in [1.165, 1.54) is 71.2 Å². The molecule has 1 unspecified atom stereocenters. The highest BCUT2D eigenvalue weighted by molar-refractivity contribution is 4.79. The van der Waals surface area contributed by atoms with Crippen molar-refractivity contribution in [1.82, 2.24) is 15.1 Å². The van der Waals surface area contributed by atoms with Crippen molar-refractivity contribution >= 4 is 0 Å². The van der Waals surface area contributed by atoms with Crippen LogP contribution in [0.15, 0.2) is 0 Å². The maximum Gasteiger partial charge on any atom is 0.0117 e. The number of hydrogen-bond acceptors (Lipinski definition) is 3. The predicted molar refractivity (Wildman–Crippen MR) is 78.0 cm³/mol. The Balaban J connectivity index is 1.58. The summed E-state index contributed by atoms with van der Waals surface area (Å²) in [5, 5.41) is 3.60. The molecule has 2 aliphatic heterocycles. The van der Waals surface area contributed by atoms with Crippen molar-refractivity contribution in [2.45, 2.75) is 57.5 Å². The van der Waals surface area contributed by atoms with E-state index in [4.69, 9.17) is 0 Å². The maximum atomic E-state index is 3.60. The SMILES string of the molecule is CCN1CCC(N(C)CCCC2CCCN2)CC1. The van der Waals surface area contributed by atoms with Crippen LogP contribution in [0.1, 0.15) is 45.4 Å². The fraction of sp³-hybridized carbons (Fsp3) is 1.00. The fourth-order valence-corrected chi connectivity index (χ4v) is 3.45. The molecule has 0 aromatic heterocycles. The molecule has 1 atom stereocenters. The number of piperidine rings is 1. The summed E-state index contributed by atoms with van der Waals surface area (Å²) in [5.41, 5.74) is 0. The van der Waals surface area contributed by atoms with Crippen LogP contribution in [0.5, 0.6) is 0 Å². The summed E-state index contributed by atoms with van der Waals surface area (Å²) >= 11 is 0. The van der Waals surface area contributed by atoms with Gasteiger partial charge in [-0.05, 0) is 78.3 Å². The molecule has 2 aliphatic rings. The molecule has 0 aromatic rings. The summed E-state index contributed by atoms with van der Waals surface area (Å²) in [6.45, 7) is 8.64. The summed E-state index contributed by atoms with van der Waals surface area (Å²) in [4.78, 5) is 5.19. The largest absolute Gasteiger partial charge is 0.314 e. The van der Waals surface area contributed by atoms with E-state index in [1.807, 2.05) is 0 Å². The lowest BCUT2D eigenvalue weighted by Gasteiger charge is -2.36. The third-order valence-electron chi connectivity index (χ3n) is 4.85. The zero-order valence-electron chi connectivity index (χ0n) is 12.3. The first-order valence-corrected chi connectivity index (χ1v) is 7.95. The molecule has 0 aromatic carbocycles. The molecule has 106 valence electrons.